The van der Waals surface area contributed by atoms with Gasteiger partial charge < -0.3 is 43.6 Å². The summed E-state index contributed by atoms with van der Waals surface area (Å²) in [7, 11) is 3.46. The molecule has 334 valence electrons. The number of hydrogen-bond acceptors (Lipinski definition) is 11. The van der Waals surface area contributed by atoms with Crippen LogP contribution in [0, 0.1) is 17.8 Å². The molecule has 4 aliphatic rings. The van der Waals surface area contributed by atoms with E-state index in [1.54, 1.807) is 29.8 Å². The summed E-state index contributed by atoms with van der Waals surface area (Å²) in [6.45, 7) is 5.62. The monoisotopic (exact) mass is 868 g/mol. The third-order valence-electron chi connectivity index (χ3n) is 12.8. The Morgan fingerprint density at radius 2 is 1.82 bits per heavy atom. The molecular formula is C50H64N2O9S. The van der Waals surface area contributed by atoms with Crippen molar-refractivity contribution in [3.05, 3.63) is 108 Å². The highest BCUT2D eigenvalue weighted by molar-refractivity contribution is 7.99. The van der Waals surface area contributed by atoms with Crippen LogP contribution in [-0.2, 0) is 25.5 Å². The Hall–Kier alpha value is -4.33. The van der Waals surface area contributed by atoms with Gasteiger partial charge in [-0.25, -0.2) is 0 Å². The maximum Gasteiger partial charge on any atom is 0.239 e. The van der Waals surface area contributed by atoms with Crippen LogP contribution in [-0.4, -0.2) is 97.8 Å². The second-order valence-corrected chi connectivity index (χ2v) is 17.9. The number of fused-ring (bicyclic) bond motifs is 2. The molecule has 1 amide bonds. The number of likely N-dealkylation sites (N-methyl/N-ethyl adjacent to an activating group) is 1. The number of oxime groups is 1. The Balaban J connectivity index is 1.34. The van der Waals surface area contributed by atoms with E-state index in [2.05, 4.69) is 30.9 Å². The van der Waals surface area contributed by atoms with Crippen LogP contribution in [0.1, 0.15) is 81.3 Å². The maximum atomic E-state index is 14.6. The molecular weight excluding hydrogens is 805 g/mol. The van der Waals surface area contributed by atoms with E-state index in [9.17, 15) is 15.0 Å². The Morgan fingerprint density at radius 3 is 2.58 bits per heavy atom. The molecule has 1 saturated carbocycles. The van der Waals surface area contributed by atoms with Gasteiger partial charge in [0.1, 0.15) is 23.3 Å². The van der Waals surface area contributed by atoms with Gasteiger partial charge in [-0.05, 0) is 104 Å². The van der Waals surface area contributed by atoms with Crippen LogP contribution in [0.3, 0.4) is 0 Å². The quantitative estimate of drug-likeness (QED) is 0.0438. The van der Waals surface area contributed by atoms with Gasteiger partial charge in [0.05, 0.1) is 45.0 Å². The summed E-state index contributed by atoms with van der Waals surface area (Å²) in [5.74, 6) is 1.14. The average Bonchev–Trinajstić information content (AvgIpc) is 3.30. The second kappa shape index (κ2) is 22.3. The van der Waals surface area contributed by atoms with E-state index in [0.29, 0.717) is 44.0 Å². The summed E-state index contributed by atoms with van der Waals surface area (Å²) >= 11 is 1.76. The molecule has 7 rings (SSSR count). The molecule has 0 bridgehead atoms. The minimum absolute atomic E-state index is 0.103. The number of allylic oxidation sites excluding steroid dienone is 1. The number of ether oxygens (including phenoxy) is 5. The number of rotatable bonds is 22. The first-order chi connectivity index (χ1) is 30.4. The van der Waals surface area contributed by atoms with E-state index in [1.165, 1.54) is 4.90 Å². The van der Waals surface area contributed by atoms with E-state index in [1.807, 2.05) is 61.6 Å². The Morgan fingerprint density at radius 1 is 1.00 bits per heavy atom. The standard InChI is InChI=1S/C50H64N2O9S/c1-4-26-59-50-45(52(2)46(55)31-35-15-14-17-37(30-35)56-3)34-43(51-61-47-21-10-13-27-58-47)41-32-36(16-8-11-24-53)40(20-9-12-25-54)48(49(41)50)42-33-38(22-23-44(42)60-50)57-28-29-62-39-18-6-5-7-19-39/h4-7,14-15,17-19,22-23,30,32-33,36,40,45,47-49,53-54H,1,8-13,16,20-21,24-29,31,34H2,2-3H3. The molecule has 7 atom stereocenters. The number of benzene rings is 3. The molecule has 12 heteroatoms. The first kappa shape index (κ1) is 45.7. The summed E-state index contributed by atoms with van der Waals surface area (Å²) in [6, 6.07) is 23.4. The number of aliphatic hydroxyl groups excluding tert-OH is 2. The zero-order chi connectivity index (χ0) is 43.3. The van der Waals surface area contributed by atoms with Gasteiger partial charge in [0, 0.05) is 55.2 Å². The molecule has 2 fully saturated rings. The molecule has 2 N–H and O–H groups in total. The minimum atomic E-state index is -1.34. The van der Waals surface area contributed by atoms with Crippen LogP contribution in [0.4, 0.5) is 0 Å². The number of methoxy groups -OCH3 is 1. The number of thioether (sulfide) groups is 1. The third-order valence-corrected chi connectivity index (χ3v) is 13.8. The molecule has 2 aliphatic heterocycles. The van der Waals surface area contributed by atoms with Crippen LogP contribution in [0.5, 0.6) is 17.2 Å². The van der Waals surface area contributed by atoms with Gasteiger partial charge in [-0.2, -0.15) is 0 Å². The SMILES string of the molecule is C=CCOC12Oc3ccc(OCCSc4ccccc4)cc3C3C(CCCCO)C(CCCCO)C=C(C(=NOC4CCCCO4)CC1N(C)C(=O)Cc1cccc(OC)c1)C32. The largest absolute Gasteiger partial charge is 0.497 e. The van der Waals surface area contributed by atoms with Gasteiger partial charge in [-0.3, -0.25) is 4.79 Å². The molecule has 0 radical (unpaired) electrons. The number of nitrogens with zero attached hydrogens (tertiary/aromatic N) is 2. The van der Waals surface area contributed by atoms with Gasteiger partial charge in [0.25, 0.3) is 0 Å². The van der Waals surface area contributed by atoms with E-state index in [4.69, 9.17) is 33.7 Å². The summed E-state index contributed by atoms with van der Waals surface area (Å²) in [6.07, 6.45) is 11.6. The van der Waals surface area contributed by atoms with Crippen LogP contribution in [0.2, 0.25) is 0 Å². The molecule has 0 spiro atoms. The van der Waals surface area contributed by atoms with Crippen LogP contribution in [0.25, 0.3) is 0 Å². The molecule has 2 aliphatic carbocycles. The van der Waals surface area contributed by atoms with Crippen molar-refractivity contribution in [2.75, 3.05) is 52.9 Å². The maximum absolute atomic E-state index is 14.6. The lowest BCUT2D eigenvalue weighted by Crippen LogP contribution is -2.69. The fourth-order valence-electron chi connectivity index (χ4n) is 9.83. The molecule has 3 aromatic rings. The van der Waals surface area contributed by atoms with Crippen molar-refractivity contribution in [1.82, 2.24) is 4.90 Å². The van der Waals surface area contributed by atoms with Crippen LogP contribution < -0.4 is 14.2 Å². The Labute approximate surface area is 371 Å². The topological polar surface area (TPSA) is 129 Å². The highest BCUT2D eigenvalue weighted by Gasteiger charge is 2.65. The van der Waals surface area contributed by atoms with E-state index in [0.717, 1.165) is 78.9 Å². The van der Waals surface area contributed by atoms with Gasteiger partial charge in [0.2, 0.25) is 18.0 Å². The van der Waals surface area contributed by atoms with Crippen LogP contribution >= 0.6 is 11.8 Å². The number of hydrogen-bond donors (Lipinski definition) is 2. The highest BCUT2D eigenvalue weighted by Crippen LogP contribution is 2.62. The molecule has 2 heterocycles. The zero-order valence-electron chi connectivity index (χ0n) is 36.3. The van der Waals surface area contributed by atoms with Gasteiger partial charge >= 0.3 is 0 Å². The van der Waals surface area contributed by atoms with E-state index < -0.39 is 24.0 Å². The smallest absolute Gasteiger partial charge is 0.239 e. The number of unbranched alkanes of at least 4 members (excludes halogenated alkanes) is 2. The molecule has 62 heavy (non-hydrogen) atoms. The van der Waals surface area contributed by atoms with E-state index in [-0.39, 0.29) is 49.9 Å². The third kappa shape index (κ3) is 10.7. The number of carbonyl (C=O) groups excluding carboxylic acids is 1. The number of carbonyl (C=O) groups is 1. The summed E-state index contributed by atoms with van der Waals surface area (Å²) < 4.78 is 32.4. The van der Waals surface area contributed by atoms with E-state index >= 15 is 0 Å². The van der Waals surface area contributed by atoms with Crippen molar-refractivity contribution in [2.45, 2.75) is 99.6 Å². The minimum Gasteiger partial charge on any atom is -0.497 e. The normalized spacial score (nSPS) is 25.7. The van der Waals surface area contributed by atoms with Crippen LogP contribution in [0.15, 0.2) is 107 Å². The van der Waals surface area contributed by atoms with Gasteiger partial charge in [0.15, 0.2) is 0 Å². The predicted molar refractivity (Wildman–Crippen MR) is 242 cm³/mol. The fraction of sp³-hybridized carbons (Fsp3) is 0.520. The lowest BCUT2D eigenvalue weighted by molar-refractivity contribution is -0.255. The lowest BCUT2D eigenvalue weighted by Gasteiger charge is -2.59. The van der Waals surface area contributed by atoms with Crippen molar-refractivity contribution >= 4 is 23.4 Å². The van der Waals surface area contributed by atoms with Crippen molar-refractivity contribution in [3.8, 4) is 17.2 Å². The predicted octanol–water partition coefficient (Wildman–Crippen LogP) is 8.73. The Kier molecular flexibility index (Phi) is 16.5. The Bertz CT molecular complexity index is 1990. The number of aliphatic hydroxyl groups is 2. The molecule has 1 saturated heterocycles. The molecule has 3 aromatic carbocycles. The first-order valence-electron chi connectivity index (χ1n) is 22.4. The average molecular weight is 869 g/mol. The van der Waals surface area contributed by atoms with Crippen molar-refractivity contribution in [1.29, 1.82) is 0 Å². The van der Waals surface area contributed by atoms with Crippen molar-refractivity contribution in [2.24, 2.45) is 22.9 Å². The number of amides is 1. The summed E-state index contributed by atoms with van der Waals surface area (Å²) in [5.41, 5.74) is 3.59. The molecule has 0 aromatic heterocycles. The summed E-state index contributed by atoms with van der Waals surface area (Å²) in [4.78, 5) is 23.8. The highest BCUT2D eigenvalue weighted by atomic mass is 32.2. The second-order valence-electron chi connectivity index (χ2n) is 16.7. The first-order valence-corrected chi connectivity index (χ1v) is 23.4. The van der Waals surface area contributed by atoms with Crippen molar-refractivity contribution in [3.63, 3.8) is 0 Å². The van der Waals surface area contributed by atoms with Gasteiger partial charge in [-0.15, -0.1) is 18.3 Å². The summed E-state index contributed by atoms with van der Waals surface area (Å²) in [5, 5.41) is 24.8. The zero-order valence-corrected chi connectivity index (χ0v) is 37.1. The fourth-order valence-corrected chi connectivity index (χ4v) is 10.6. The van der Waals surface area contributed by atoms with Crippen molar-refractivity contribution < 1.29 is 43.5 Å². The lowest BCUT2D eigenvalue weighted by atomic mass is 9.55. The molecule has 11 nitrogen and oxygen atoms in total. The molecule has 7 unspecified atom stereocenters. The van der Waals surface area contributed by atoms with Gasteiger partial charge in [-0.1, -0.05) is 60.5 Å².